The SMILES string of the molecule is O=C(OC1C[NH2+]C1)ON1C(=O)CCC1=O. The summed E-state index contributed by atoms with van der Waals surface area (Å²) in [7, 11) is 0. The van der Waals surface area contributed by atoms with E-state index in [4.69, 9.17) is 4.74 Å². The van der Waals surface area contributed by atoms with Crippen molar-refractivity contribution < 1.29 is 29.3 Å². The van der Waals surface area contributed by atoms with Crippen LogP contribution in [0.4, 0.5) is 4.79 Å². The molecule has 2 heterocycles. The first kappa shape index (κ1) is 9.91. The lowest BCUT2D eigenvalue weighted by Gasteiger charge is -2.22. The molecule has 0 aliphatic carbocycles. The normalized spacial score (nSPS) is 21.5. The molecule has 2 aliphatic rings. The Labute approximate surface area is 85.3 Å². The number of rotatable bonds is 2. The molecule has 0 unspecified atom stereocenters. The van der Waals surface area contributed by atoms with Crippen molar-refractivity contribution >= 4 is 18.0 Å². The molecule has 2 amide bonds. The lowest BCUT2D eigenvalue weighted by Crippen LogP contribution is -2.98. The zero-order valence-electron chi connectivity index (χ0n) is 7.97. The van der Waals surface area contributed by atoms with E-state index in [1.54, 1.807) is 0 Å². The molecule has 0 aromatic rings. The molecule has 0 bridgehead atoms. The Kier molecular flexibility index (Phi) is 2.55. The number of carbonyl (C=O) groups is 3. The summed E-state index contributed by atoms with van der Waals surface area (Å²) in [6.07, 6.45) is -0.992. The van der Waals surface area contributed by atoms with Gasteiger partial charge < -0.3 is 10.1 Å². The molecule has 2 rings (SSSR count). The van der Waals surface area contributed by atoms with Crippen LogP contribution in [0.5, 0.6) is 0 Å². The molecular formula is C8H11N2O5+. The van der Waals surface area contributed by atoms with Crippen molar-refractivity contribution in [2.75, 3.05) is 13.1 Å². The first-order chi connectivity index (χ1) is 7.16. The Bertz CT molecular complexity index is 296. The summed E-state index contributed by atoms with van der Waals surface area (Å²) in [5.74, 6) is -1.01. The predicted molar refractivity (Wildman–Crippen MR) is 44.1 cm³/mol. The number of hydroxylamine groups is 2. The highest BCUT2D eigenvalue weighted by Crippen LogP contribution is 2.12. The summed E-state index contributed by atoms with van der Waals surface area (Å²) in [6.45, 7) is 1.38. The van der Waals surface area contributed by atoms with Crippen molar-refractivity contribution in [2.45, 2.75) is 18.9 Å². The summed E-state index contributed by atoms with van der Waals surface area (Å²) in [5, 5.41) is 2.44. The maximum absolute atomic E-state index is 11.1. The Hall–Kier alpha value is -1.63. The van der Waals surface area contributed by atoms with Gasteiger partial charge in [0.05, 0.1) is 0 Å². The van der Waals surface area contributed by atoms with Gasteiger partial charge in [-0.15, -0.1) is 0 Å². The Morgan fingerprint density at radius 3 is 2.33 bits per heavy atom. The van der Waals surface area contributed by atoms with Crippen LogP contribution in [-0.2, 0) is 19.2 Å². The maximum Gasteiger partial charge on any atom is 0.534 e. The van der Waals surface area contributed by atoms with E-state index in [0.29, 0.717) is 18.2 Å². The quantitative estimate of drug-likeness (QED) is 0.431. The van der Waals surface area contributed by atoms with E-state index in [1.165, 1.54) is 0 Å². The molecule has 0 atom stereocenters. The molecule has 2 N–H and O–H groups in total. The van der Waals surface area contributed by atoms with Crippen molar-refractivity contribution in [1.82, 2.24) is 5.06 Å². The molecule has 82 valence electrons. The van der Waals surface area contributed by atoms with Crippen LogP contribution in [0.2, 0.25) is 0 Å². The molecule has 0 spiro atoms. The van der Waals surface area contributed by atoms with Crippen LogP contribution in [0.3, 0.4) is 0 Å². The average Bonchev–Trinajstić information content (AvgIpc) is 2.43. The van der Waals surface area contributed by atoms with Crippen LogP contribution in [0, 0.1) is 0 Å². The molecule has 7 nitrogen and oxygen atoms in total. The zero-order valence-corrected chi connectivity index (χ0v) is 7.97. The highest BCUT2D eigenvalue weighted by molar-refractivity contribution is 6.01. The topological polar surface area (TPSA) is 89.5 Å². The fourth-order valence-electron chi connectivity index (χ4n) is 1.29. The Morgan fingerprint density at radius 2 is 1.87 bits per heavy atom. The highest BCUT2D eigenvalue weighted by atomic mass is 16.8. The molecular weight excluding hydrogens is 204 g/mol. The van der Waals surface area contributed by atoms with Gasteiger partial charge in [0.2, 0.25) is 6.10 Å². The van der Waals surface area contributed by atoms with Crippen LogP contribution in [0.15, 0.2) is 0 Å². The Morgan fingerprint density at radius 1 is 1.27 bits per heavy atom. The molecule has 0 aromatic carbocycles. The highest BCUT2D eigenvalue weighted by Gasteiger charge is 2.35. The molecule has 2 fully saturated rings. The first-order valence-electron chi connectivity index (χ1n) is 4.73. The van der Waals surface area contributed by atoms with Gasteiger partial charge >= 0.3 is 6.16 Å². The summed E-state index contributed by atoms with van der Waals surface area (Å²) in [5.41, 5.74) is 0. The van der Waals surface area contributed by atoms with Crippen LogP contribution in [-0.4, -0.2) is 42.2 Å². The molecule has 7 heteroatoms. The van der Waals surface area contributed by atoms with Crippen LogP contribution in [0.25, 0.3) is 0 Å². The molecule has 0 radical (unpaired) electrons. The molecule has 0 saturated carbocycles. The summed E-state index contributed by atoms with van der Waals surface area (Å²) in [4.78, 5) is 37.7. The average molecular weight is 215 g/mol. The lowest BCUT2D eigenvalue weighted by molar-refractivity contribution is -0.722. The third-order valence-electron chi connectivity index (χ3n) is 2.29. The molecule has 2 saturated heterocycles. The number of nitrogens with two attached hydrogens (primary N) is 1. The van der Waals surface area contributed by atoms with E-state index in [2.05, 4.69) is 4.84 Å². The van der Waals surface area contributed by atoms with E-state index in [9.17, 15) is 14.4 Å². The molecule has 2 aliphatic heterocycles. The minimum atomic E-state index is -0.989. The van der Waals surface area contributed by atoms with E-state index < -0.39 is 18.0 Å². The summed E-state index contributed by atoms with van der Waals surface area (Å²) < 4.78 is 4.81. The number of ether oxygens (including phenoxy) is 1. The second-order valence-electron chi connectivity index (χ2n) is 3.42. The smallest absolute Gasteiger partial charge is 0.417 e. The van der Waals surface area contributed by atoms with Gasteiger partial charge in [0, 0.05) is 12.8 Å². The monoisotopic (exact) mass is 215 g/mol. The third kappa shape index (κ3) is 2.07. The van der Waals surface area contributed by atoms with Gasteiger partial charge in [-0.1, -0.05) is 5.06 Å². The van der Waals surface area contributed by atoms with Gasteiger partial charge in [-0.3, -0.25) is 14.4 Å². The van der Waals surface area contributed by atoms with E-state index in [0.717, 1.165) is 0 Å². The number of quaternary nitrogens is 1. The number of amides is 2. The van der Waals surface area contributed by atoms with Crippen molar-refractivity contribution in [3.63, 3.8) is 0 Å². The minimum Gasteiger partial charge on any atom is -0.417 e. The number of imide groups is 1. The van der Waals surface area contributed by atoms with Crippen molar-refractivity contribution in [3.8, 4) is 0 Å². The predicted octanol–water partition coefficient (Wildman–Crippen LogP) is -1.85. The number of hydrogen-bond donors (Lipinski definition) is 1. The zero-order chi connectivity index (χ0) is 10.8. The van der Waals surface area contributed by atoms with Gasteiger partial charge in [0.15, 0.2) is 0 Å². The van der Waals surface area contributed by atoms with Crippen molar-refractivity contribution in [1.29, 1.82) is 0 Å². The van der Waals surface area contributed by atoms with Crippen LogP contribution >= 0.6 is 0 Å². The van der Waals surface area contributed by atoms with Gasteiger partial charge in [-0.2, -0.15) is 0 Å². The van der Waals surface area contributed by atoms with E-state index in [1.807, 2.05) is 5.32 Å². The van der Waals surface area contributed by atoms with Gasteiger partial charge in [0.1, 0.15) is 13.1 Å². The molecule has 0 aromatic heterocycles. The molecule has 15 heavy (non-hydrogen) atoms. The maximum atomic E-state index is 11.1. The van der Waals surface area contributed by atoms with E-state index >= 15 is 0 Å². The second-order valence-corrected chi connectivity index (χ2v) is 3.42. The Balaban J connectivity index is 1.82. The van der Waals surface area contributed by atoms with Crippen molar-refractivity contribution in [2.24, 2.45) is 0 Å². The first-order valence-corrected chi connectivity index (χ1v) is 4.73. The lowest BCUT2D eigenvalue weighted by atomic mass is 10.2. The third-order valence-corrected chi connectivity index (χ3v) is 2.29. The minimum absolute atomic E-state index is 0.0866. The summed E-state index contributed by atoms with van der Waals surface area (Å²) >= 11 is 0. The largest absolute Gasteiger partial charge is 0.534 e. The van der Waals surface area contributed by atoms with Gasteiger partial charge in [-0.25, -0.2) is 4.79 Å². The fraction of sp³-hybridized carbons (Fsp3) is 0.625. The van der Waals surface area contributed by atoms with Crippen molar-refractivity contribution in [3.05, 3.63) is 0 Å². The number of nitrogens with zero attached hydrogens (tertiary/aromatic N) is 1. The van der Waals surface area contributed by atoms with Gasteiger partial charge in [-0.05, 0) is 0 Å². The van der Waals surface area contributed by atoms with E-state index in [-0.39, 0.29) is 18.9 Å². The second kappa shape index (κ2) is 3.85. The van der Waals surface area contributed by atoms with Gasteiger partial charge in [0.25, 0.3) is 11.8 Å². The number of hydrogen-bond acceptors (Lipinski definition) is 5. The fourth-order valence-corrected chi connectivity index (χ4v) is 1.29. The standard InChI is InChI=1S/C8H10N2O5/c11-6-1-2-7(12)10(6)15-8(13)14-5-3-9-4-5/h5,9H,1-4H2/p+1. The van der Waals surface area contributed by atoms with Crippen LogP contribution < -0.4 is 5.32 Å². The number of carbonyl (C=O) groups excluding carboxylic acids is 3. The summed E-state index contributed by atoms with van der Waals surface area (Å²) in [6, 6.07) is 0. The van der Waals surface area contributed by atoms with Crippen LogP contribution in [0.1, 0.15) is 12.8 Å².